The molecule has 1 saturated heterocycles. The van der Waals surface area contributed by atoms with Gasteiger partial charge in [0.2, 0.25) is 5.91 Å². The van der Waals surface area contributed by atoms with Gasteiger partial charge in [-0.25, -0.2) is 0 Å². The quantitative estimate of drug-likeness (QED) is 0.842. The maximum atomic E-state index is 12.6. The Morgan fingerprint density at radius 2 is 1.48 bits per heavy atom. The molecule has 0 spiro atoms. The van der Waals surface area contributed by atoms with E-state index in [2.05, 4.69) is 0 Å². The Balaban J connectivity index is 0. The van der Waals surface area contributed by atoms with Crippen LogP contribution in [0.1, 0.15) is 20.8 Å². The number of nitrogens with zero attached hydrogens (tertiary/aromatic N) is 2. The number of hydrogen-bond donors (Lipinski definition) is 1. The first-order chi connectivity index (χ1) is 8.64. The fourth-order valence-corrected chi connectivity index (χ4v) is 2.05. The normalized spacial score (nSPS) is 20.8. The number of carbonyl (C=O) groups is 1. The standard InChI is InChI=1S/C12H22F3N3O.2ClH/c1-8(9(2)16)11(19)18-6-4-17(5-7-18)10(3)12(13,14)15;;/h8-10H,4-7,16H2,1-3H3;2*1H. The van der Waals surface area contributed by atoms with E-state index in [1.54, 1.807) is 18.7 Å². The van der Waals surface area contributed by atoms with Gasteiger partial charge in [-0.05, 0) is 13.8 Å². The minimum absolute atomic E-state index is 0. The maximum absolute atomic E-state index is 12.6. The van der Waals surface area contributed by atoms with Crippen LogP contribution in [0, 0.1) is 5.92 Å². The number of rotatable bonds is 3. The van der Waals surface area contributed by atoms with E-state index in [0.717, 1.165) is 6.92 Å². The van der Waals surface area contributed by atoms with E-state index in [0.29, 0.717) is 13.1 Å². The van der Waals surface area contributed by atoms with Crippen LogP contribution in [0.5, 0.6) is 0 Å². The summed E-state index contributed by atoms with van der Waals surface area (Å²) in [6.07, 6.45) is -4.22. The van der Waals surface area contributed by atoms with E-state index in [1.165, 1.54) is 4.90 Å². The Labute approximate surface area is 136 Å². The highest BCUT2D eigenvalue weighted by molar-refractivity contribution is 5.85. The van der Waals surface area contributed by atoms with Crippen molar-refractivity contribution < 1.29 is 18.0 Å². The van der Waals surface area contributed by atoms with Crippen LogP contribution in [-0.4, -0.2) is 60.1 Å². The van der Waals surface area contributed by atoms with Crippen LogP contribution in [0.25, 0.3) is 0 Å². The third-order valence-corrected chi connectivity index (χ3v) is 3.83. The Kier molecular flexibility index (Phi) is 9.90. The van der Waals surface area contributed by atoms with Gasteiger partial charge in [-0.15, -0.1) is 24.8 Å². The van der Waals surface area contributed by atoms with Crippen molar-refractivity contribution in [2.45, 2.75) is 39.0 Å². The predicted octanol–water partition coefficient (Wildman–Crippen LogP) is 1.91. The number of piperazine rings is 1. The monoisotopic (exact) mass is 353 g/mol. The summed E-state index contributed by atoms with van der Waals surface area (Å²) in [5, 5.41) is 0. The lowest BCUT2D eigenvalue weighted by molar-refractivity contribution is -0.183. The molecule has 0 aromatic rings. The Bertz CT molecular complexity index is 321. The second-order valence-corrected chi connectivity index (χ2v) is 5.23. The van der Waals surface area contributed by atoms with E-state index in [4.69, 9.17) is 5.73 Å². The molecule has 3 atom stereocenters. The van der Waals surface area contributed by atoms with E-state index in [9.17, 15) is 18.0 Å². The lowest BCUT2D eigenvalue weighted by atomic mass is 10.0. The molecule has 0 saturated carbocycles. The molecular formula is C12H24Cl2F3N3O. The van der Waals surface area contributed by atoms with Crippen LogP contribution in [0.3, 0.4) is 0 Å². The highest BCUT2D eigenvalue weighted by atomic mass is 35.5. The van der Waals surface area contributed by atoms with Gasteiger partial charge in [-0.1, -0.05) is 6.92 Å². The highest BCUT2D eigenvalue weighted by Crippen LogP contribution is 2.25. The van der Waals surface area contributed by atoms with Crippen molar-refractivity contribution in [3.8, 4) is 0 Å². The first kappa shape index (κ1) is 23.0. The number of amides is 1. The predicted molar refractivity (Wildman–Crippen MR) is 81.0 cm³/mol. The van der Waals surface area contributed by atoms with Crippen molar-refractivity contribution in [1.82, 2.24) is 9.80 Å². The maximum Gasteiger partial charge on any atom is 0.403 e. The number of halogens is 5. The molecule has 0 aliphatic carbocycles. The Hall–Kier alpha value is -0.240. The molecule has 4 nitrogen and oxygen atoms in total. The third kappa shape index (κ3) is 6.18. The number of alkyl halides is 3. The third-order valence-electron chi connectivity index (χ3n) is 3.83. The van der Waals surface area contributed by atoms with Gasteiger partial charge in [0.25, 0.3) is 0 Å². The van der Waals surface area contributed by atoms with Crippen molar-refractivity contribution in [3.05, 3.63) is 0 Å². The van der Waals surface area contributed by atoms with Gasteiger partial charge in [-0.3, -0.25) is 9.69 Å². The molecular weight excluding hydrogens is 330 g/mol. The molecule has 21 heavy (non-hydrogen) atoms. The first-order valence-electron chi connectivity index (χ1n) is 6.49. The minimum atomic E-state index is -4.22. The largest absolute Gasteiger partial charge is 0.403 e. The summed E-state index contributed by atoms with van der Waals surface area (Å²) in [7, 11) is 0. The van der Waals surface area contributed by atoms with Gasteiger partial charge in [0.05, 0.1) is 5.92 Å². The lowest BCUT2D eigenvalue weighted by Crippen LogP contribution is -2.56. The summed E-state index contributed by atoms with van der Waals surface area (Å²) in [6.45, 7) is 5.81. The minimum Gasteiger partial charge on any atom is -0.340 e. The van der Waals surface area contributed by atoms with Crippen LogP contribution in [0.4, 0.5) is 13.2 Å². The van der Waals surface area contributed by atoms with E-state index in [-0.39, 0.29) is 55.8 Å². The molecule has 9 heteroatoms. The van der Waals surface area contributed by atoms with Crippen molar-refractivity contribution in [3.63, 3.8) is 0 Å². The van der Waals surface area contributed by atoms with Gasteiger partial charge in [0.1, 0.15) is 6.04 Å². The van der Waals surface area contributed by atoms with E-state index >= 15 is 0 Å². The second kappa shape index (κ2) is 9.02. The van der Waals surface area contributed by atoms with Gasteiger partial charge < -0.3 is 10.6 Å². The fraction of sp³-hybridized carbons (Fsp3) is 0.917. The first-order valence-corrected chi connectivity index (χ1v) is 6.49. The molecule has 1 aliphatic rings. The molecule has 0 aromatic heterocycles. The fourth-order valence-electron chi connectivity index (χ4n) is 2.05. The molecule has 3 unspecified atom stereocenters. The zero-order valence-corrected chi connectivity index (χ0v) is 14.0. The van der Waals surface area contributed by atoms with Crippen LogP contribution >= 0.6 is 24.8 Å². The van der Waals surface area contributed by atoms with Crippen molar-refractivity contribution in [2.24, 2.45) is 11.7 Å². The number of hydrogen-bond acceptors (Lipinski definition) is 3. The van der Waals surface area contributed by atoms with Crippen LogP contribution < -0.4 is 5.73 Å². The molecule has 0 aromatic carbocycles. The summed E-state index contributed by atoms with van der Waals surface area (Å²) in [4.78, 5) is 15.0. The molecule has 2 N–H and O–H groups in total. The summed E-state index contributed by atoms with van der Waals surface area (Å²) in [5.41, 5.74) is 5.67. The van der Waals surface area contributed by atoms with Crippen molar-refractivity contribution in [2.75, 3.05) is 26.2 Å². The molecule has 1 aliphatic heterocycles. The van der Waals surface area contributed by atoms with Crippen molar-refractivity contribution >= 4 is 30.7 Å². The molecule has 1 rings (SSSR count). The molecule has 1 amide bonds. The Morgan fingerprint density at radius 1 is 1.05 bits per heavy atom. The lowest BCUT2D eigenvalue weighted by Gasteiger charge is -2.39. The number of carbonyl (C=O) groups excluding carboxylic acids is 1. The average molecular weight is 354 g/mol. The average Bonchev–Trinajstić information content (AvgIpc) is 2.35. The van der Waals surface area contributed by atoms with E-state index in [1.807, 2.05) is 0 Å². The van der Waals surface area contributed by atoms with Crippen molar-refractivity contribution in [1.29, 1.82) is 0 Å². The summed E-state index contributed by atoms with van der Waals surface area (Å²) < 4.78 is 37.8. The Morgan fingerprint density at radius 3 is 1.81 bits per heavy atom. The van der Waals surface area contributed by atoms with Gasteiger partial charge in [-0.2, -0.15) is 13.2 Å². The molecule has 1 heterocycles. The van der Waals surface area contributed by atoms with Gasteiger partial charge >= 0.3 is 6.18 Å². The number of nitrogens with two attached hydrogens (primary N) is 1. The summed E-state index contributed by atoms with van der Waals surface area (Å²) in [5.74, 6) is -0.374. The zero-order chi connectivity index (χ0) is 14.8. The van der Waals surface area contributed by atoms with Crippen LogP contribution in [0.2, 0.25) is 0 Å². The second-order valence-electron chi connectivity index (χ2n) is 5.23. The molecule has 0 radical (unpaired) electrons. The molecule has 1 fully saturated rings. The van der Waals surface area contributed by atoms with Crippen LogP contribution in [-0.2, 0) is 4.79 Å². The SMILES string of the molecule is CC(N)C(C)C(=O)N1CCN(C(C)C(F)(F)F)CC1.Cl.Cl. The highest BCUT2D eigenvalue weighted by Gasteiger charge is 2.41. The topological polar surface area (TPSA) is 49.6 Å². The molecule has 128 valence electrons. The molecule has 0 bridgehead atoms. The van der Waals surface area contributed by atoms with Crippen LogP contribution in [0.15, 0.2) is 0 Å². The van der Waals surface area contributed by atoms with Gasteiger partial charge in [0, 0.05) is 32.2 Å². The zero-order valence-electron chi connectivity index (χ0n) is 12.4. The smallest absolute Gasteiger partial charge is 0.340 e. The van der Waals surface area contributed by atoms with E-state index < -0.39 is 12.2 Å². The summed E-state index contributed by atoms with van der Waals surface area (Å²) >= 11 is 0. The summed E-state index contributed by atoms with van der Waals surface area (Å²) in [6, 6.07) is -1.71. The van der Waals surface area contributed by atoms with Gasteiger partial charge in [0.15, 0.2) is 0 Å².